The summed E-state index contributed by atoms with van der Waals surface area (Å²) in [5.74, 6) is -2.00. The van der Waals surface area contributed by atoms with Crippen LogP contribution < -0.4 is 11.1 Å². The van der Waals surface area contributed by atoms with Gasteiger partial charge in [-0.25, -0.2) is 8.78 Å². The van der Waals surface area contributed by atoms with E-state index in [1.54, 1.807) is 0 Å². The SMILES string of the molecule is Cc1cc(C(=O)NC2(CN)CCCCC2)c(F)cc1F. The lowest BCUT2D eigenvalue weighted by Gasteiger charge is -2.37. The molecule has 1 saturated carbocycles. The van der Waals surface area contributed by atoms with Crippen molar-refractivity contribution < 1.29 is 13.6 Å². The Balaban J connectivity index is 2.21. The highest BCUT2D eigenvalue weighted by molar-refractivity contribution is 5.95. The van der Waals surface area contributed by atoms with Crippen molar-refractivity contribution >= 4 is 5.91 Å². The van der Waals surface area contributed by atoms with Gasteiger partial charge in [0.1, 0.15) is 11.6 Å². The molecule has 0 heterocycles. The normalized spacial score (nSPS) is 17.8. The molecule has 1 amide bonds. The molecule has 0 unspecified atom stereocenters. The molecule has 1 aromatic rings. The van der Waals surface area contributed by atoms with Crippen molar-refractivity contribution in [1.82, 2.24) is 5.32 Å². The lowest BCUT2D eigenvalue weighted by molar-refractivity contribution is 0.0870. The predicted molar refractivity (Wildman–Crippen MR) is 73.4 cm³/mol. The predicted octanol–water partition coefficient (Wildman–Crippen LogP) is 2.66. The van der Waals surface area contributed by atoms with Crippen LogP contribution in [0.4, 0.5) is 8.78 Å². The Morgan fingerprint density at radius 3 is 2.50 bits per heavy atom. The molecule has 0 radical (unpaired) electrons. The van der Waals surface area contributed by atoms with E-state index in [0.717, 1.165) is 38.2 Å². The molecule has 3 nitrogen and oxygen atoms in total. The molecule has 1 fully saturated rings. The van der Waals surface area contributed by atoms with E-state index in [1.807, 2.05) is 0 Å². The summed E-state index contributed by atoms with van der Waals surface area (Å²) in [5.41, 5.74) is 5.46. The van der Waals surface area contributed by atoms with Crippen molar-refractivity contribution in [1.29, 1.82) is 0 Å². The van der Waals surface area contributed by atoms with Gasteiger partial charge in [-0.1, -0.05) is 19.3 Å². The highest BCUT2D eigenvalue weighted by Gasteiger charge is 2.33. The van der Waals surface area contributed by atoms with Crippen molar-refractivity contribution in [3.05, 3.63) is 34.9 Å². The van der Waals surface area contributed by atoms with Crippen LogP contribution in [0, 0.1) is 18.6 Å². The van der Waals surface area contributed by atoms with Gasteiger partial charge < -0.3 is 11.1 Å². The van der Waals surface area contributed by atoms with Gasteiger partial charge in [0.15, 0.2) is 0 Å². The molecular weight excluding hydrogens is 262 g/mol. The molecule has 20 heavy (non-hydrogen) atoms. The van der Waals surface area contributed by atoms with Gasteiger partial charge in [-0.3, -0.25) is 4.79 Å². The van der Waals surface area contributed by atoms with Crippen LogP contribution in [0.25, 0.3) is 0 Å². The van der Waals surface area contributed by atoms with Crippen LogP contribution in [0.1, 0.15) is 48.0 Å². The van der Waals surface area contributed by atoms with Gasteiger partial charge >= 0.3 is 0 Å². The number of carbonyl (C=O) groups excluding carboxylic acids is 1. The second kappa shape index (κ2) is 5.87. The molecular formula is C15H20F2N2O. The van der Waals surface area contributed by atoms with Crippen LogP contribution >= 0.6 is 0 Å². The van der Waals surface area contributed by atoms with E-state index < -0.39 is 23.1 Å². The molecule has 0 bridgehead atoms. The number of halogens is 2. The molecule has 1 aromatic carbocycles. The van der Waals surface area contributed by atoms with E-state index in [4.69, 9.17) is 5.73 Å². The van der Waals surface area contributed by atoms with Gasteiger partial charge in [0.25, 0.3) is 5.91 Å². The Morgan fingerprint density at radius 1 is 1.25 bits per heavy atom. The van der Waals surface area contributed by atoms with E-state index in [1.165, 1.54) is 13.0 Å². The number of nitrogens with two attached hydrogens (primary N) is 1. The first kappa shape index (κ1) is 14.9. The molecule has 1 aliphatic rings. The van der Waals surface area contributed by atoms with Crippen molar-refractivity contribution in [3.63, 3.8) is 0 Å². The third-order valence-electron chi connectivity index (χ3n) is 4.07. The van der Waals surface area contributed by atoms with Crippen LogP contribution in [0.5, 0.6) is 0 Å². The number of carbonyl (C=O) groups is 1. The van der Waals surface area contributed by atoms with Crippen molar-refractivity contribution in [2.24, 2.45) is 5.73 Å². The summed E-state index contributed by atoms with van der Waals surface area (Å²) in [4.78, 5) is 12.2. The number of rotatable bonds is 3. The Morgan fingerprint density at radius 2 is 1.90 bits per heavy atom. The number of amides is 1. The zero-order valence-corrected chi connectivity index (χ0v) is 11.6. The topological polar surface area (TPSA) is 55.1 Å². The number of nitrogens with one attached hydrogen (secondary N) is 1. The quantitative estimate of drug-likeness (QED) is 0.895. The maximum atomic E-state index is 13.7. The Labute approximate surface area is 117 Å². The zero-order valence-electron chi connectivity index (χ0n) is 11.6. The molecule has 0 saturated heterocycles. The van der Waals surface area contributed by atoms with Crippen molar-refractivity contribution in [2.45, 2.75) is 44.6 Å². The average Bonchev–Trinajstić information content (AvgIpc) is 2.43. The second-order valence-corrected chi connectivity index (χ2v) is 5.58. The number of hydrogen-bond donors (Lipinski definition) is 2. The minimum atomic E-state index is -0.839. The van der Waals surface area contributed by atoms with Gasteiger partial charge in [-0.05, 0) is 31.4 Å². The number of aryl methyl sites for hydroxylation is 1. The molecule has 0 aromatic heterocycles. The van der Waals surface area contributed by atoms with E-state index in [9.17, 15) is 13.6 Å². The van der Waals surface area contributed by atoms with E-state index in [-0.39, 0.29) is 11.1 Å². The third kappa shape index (κ3) is 2.98. The summed E-state index contributed by atoms with van der Waals surface area (Å²) in [5, 5.41) is 2.86. The van der Waals surface area contributed by atoms with Gasteiger partial charge in [-0.2, -0.15) is 0 Å². The van der Waals surface area contributed by atoms with Gasteiger partial charge in [0, 0.05) is 12.6 Å². The summed E-state index contributed by atoms with van der Waals surface area (Å²) in [6.07, 6.45) is 4.74. The lowest BCUT2D eigenvalue weighted by Crippen LogP contribution is -2.54. The maximum Gasteiger partial charge on any atom is 0.254 e. The second-order valence-electron chi connectivity index (χ2n) is 5.58. The molecule has 0 spiro atoms. The van der Waals surface area contributed by atoms with Gasteiger partial charge in [0.05, 0.1) is 11.1 Å². The number of hydrogen-bond acceptors (Lipinski definition) is 2. The minimum Gasteiger partial charge on any atom is -0.345 e. The van der Waals surface area contributed by atoms with Crippen LogP contribution in [0.15, 0.2) is 12.1 Å². The van der Waals surface area contributed by atoms with E-state index in [2.05, 4.69) is 5.32 Å². The molecule has 110 valence electrons. The molecule has 0 aliphatic heterocycles. The Bertz CT molecular complexity index is 511. The standard InChI is InChI=1S/C15H20F2N2O/c1-10-7-11(13(17)8-12(10)16)14(20)19-15(9-18)5-3-2-4-6-15/h7-8H,2-6,9,18H2,1H3,(H,19,20). The summed E-state index contributed by atoms with van der Waals surface area (Å²) in [6, 6.07) is 1.99. The fourth-order valence-electron chi connectivity index (χ4n) is 2.75. The van der Waals surface area contributed by atoms with Gasteiger partial charge in [0.2, 0.25) is 0 Å². The highest BCUT2D eigenvalue weighted by atomic mass is 19.1. The first-order chi connectivity index (χ1) is 9.47. The van der Waals surface area contributed by atoms with Gasteiger partial charge in [-0.15, -0.1) is 0 Å². The highest BCUT2D eigenvalue weighted by Crippen LogP contribution is 2.28. The zero-order chi connectivity index (χ0) is 14.8. The fourth-order valence-corrected chi connectivity index (χ4v) is 2.75. The summed E-state index contributed by atoms with van der Waals surface area (Å²) < 4.78 is 27.0. The van der Waals surface area contributed by atoms with Crippen LogP contribution in [0.3, 0.4) is 0 Å². The first-order valence-electron chi connectivity index (χ1n) is 6.96. The third-order valence-corrected chi connectivity index (χ3v) is 4.07. The monoisotopic (exact) mass is 282 g/mol. The molecule has 2 rings (SSSR count). The van der Waals surface area contributed by atoms with Crippen LogP contribution in [0.2, 0.25) is 0 Å². The summed E-state index contributed by atoms with van der Waals surface area (Å²) in [7, 11) is 0. The maximum absolute atomic E-state index is 13.7. The Kier molecular flexibility index (Phi) is 4.38. The van der Waals surface area contributed by atoms with Crippen molar-refractivity contribution in [2.75, 3.05) is 6.54 Å². The molecule has 0 atom stereocenters. The van der Waals surface area contributed by atoms with Crippen molar-refractivity contribution in [3.8, 4) is 0 Å². The fraction of sp³-hybridized carbons (Fsp3) is 0.533. The van der Waals surface area contributed by atoms with Crippen LogP contribution in [-0.2, 0) is 0 Å². The molecule has 5 heteroatoms. The average molecular weight is 282 g/mol. The first-order valence-corrected chi connectivity index (χ1v) is 6.96. The summed E-state index contributed by atoms with van der Waals surface area (Å²) in [6.45, 7) is 1.84. The van der Waals surface area contributed by atoms with E-state index >= 15 is 0 Å². The Hall–Kier alpha value is -1.49. The largest absolute Gasteiger partial charge is 0.345 e. The minimum absolute atomic E-state index is 0.123. The molecule has 1 aliphatic carbocycles. The molecule has 3 N–H and O–H groups in total. The number of benzene rings is 1. The smallest absolute Gasteiger partial charge is 0.254 e. The summed E-state index contributed by atoms with van der Waals surface area (Å²) >= 11 is 0. The lowest BCUT2D eigenvalue weighted by atomic mass is 9.81. The van der Waals surface area contributed by atoms with Crippen LogP contribution in [-0.4, -0.2) is 18.0 Å². The van der Waals surface area contributed by atoms with E-state index in [0.29, 0.717) is 6.54 Å².